The predicted octanol–water partition coefficient (Wildman–Crippen LogP) is 3.03. The van der Waals surface area contributed by atoms with E-state index in [-0.39, 0.29) is 92.0 Å². The first-order valence-electron chi connectivity index (χ1n) is 25.2. The fourth-order valence-corrected chi connectivity index (χ4v) is 18.8. The molecular weight excluding hydrogens is 1300 g/mol. The molecule has 0 amide bonds. The molecule has 4 saturated carbocycles. The van der Waals surface area contributed by atoms with E-state index in [9.17, 15) is 43.0 Å². The number of rotatable bonds is 10. The first-order valence-corrected chi connectivity index (χ1v) is 33.2. The quantitative estimate of drug-likeness (QED) is 0.0363. The van der Waals surface area contributed by atoms with Gasteiger partial charge in [0.15, 0.2) is 42.7 Å². The summed E-state index contributed by atoms with van der Waals surface area (Å²) in [6.07, 6.45) is -0.00367. The summed E-state index contributed by atoms with van der Waals surface area (Å²) in [5.74, 6) is -2.02. The number of ether oxygens (including phenoxy) is 2. The van der Waals surface area contributed by atoms with Crippen LogP contribution in [-0.2, 0) is 90.5 Å². The summed E-state index contributed by atoms with van der Waals surface area (Å²) in [5.41, 5.74) is 2.61. The van der Waals surface area contributed by atoms with Crippen LogP contribution in [0.25, 0.3) is 0 Å². The topological polar surface area (TPSA) is 254 Å². The van der Waals surface area contributed by atoms with E-state index in [2.05, 4.69) is 184 Å². The van der Waals surface area contributed by atoms with Gasteiger partial charge in [-0.3, -0.25) is 8.37 Å². The Bertz CT molecular complexity index is 3230. The van der Waals surface area contributed by atoms with Crippen LogP contribution < -0.4 is 46.5 Å². The number of alkyl halides is 2. The second-order valence-corrected chi connectivity index (χ2v) is 28.6. The zero-order valence-electron chi connectivity index (χ0n) is 45.1. The third-order valence-electron chi connectivity index (χ3n) is 14.0. The average Bonchev–Trinajstić information content (AvgIpc) is 2.63. The van der Waals surface area contributed by atoms with Crippen molar-refractivity contribution in [2.24, 2.45) is 23.7 Å². The standard InChI is InChI=1S/2C19H17S.2C9H11FO5S.BrH.2FHO3S.Na/c2*1-16-12-14-19(15-13-16)20(17-8-4-2-5-9-17)18-10-6-3-7-11-18;2*10-3-7(11)14-8-4-1-5-6(2-4)16(12,13)15-9(5)8;;2*1-5(2,3)4;/h2*2-15H,1H3;2*4-6,8-9H,1-3H2;1H;2*(H,2,3,4);/q2*+1;;;;;;+1/p-3. The molecule has 6 fully saturated rings. The van der Waals surface area contributed by atoms with Crippen LogP contribution in [0.15, 0.2) is 199 Å². The van der Waals surface area contributed by atoms with Crippen molar-refractivity contribution in [3.05, 3.63) is 181 Å². The van der Waals surface area contributed by atoms with E-state index in [1.54, 1.807) is 0 Å². The number of fused-ring (bicyclic) bond motifs is 2. The molecule has 10 unspecified atom stereocenters. The van der Waals surface area contributed by atoms with E-state index in [1.807, 2.05) is 0 Å². The van der Waals surface area contributed by atoms with E-state index >= 15 is 0 Å². The minimum atomic E-state index is -5.42. The number of halogens is 5. The second-order valence-electron chi connectivity index (χ2n) is 19.4. The van der Waals surface area contributed by atoms with E-state index in [0.29, 0.717) is 25.7 Å². The zero-order valence-corrected chi connectivity index (χ0v) is 53.5. The van der Waals surface area contributed by atoms with Gasteiger partial charge in [-0.1, -0.05) is 108 Å². The molecule has 16 nitrogen and oxygen atoms in total. The molecule has 12 rings (SSSR count). The minimum Gasteiger partial charge on any atom is -1.00 e. The van der Waals surface area contributed by atoms with Crippen molar-refractivity contribution >= 4 is 75.0 Å². The summed E-state index contributed by atoms with van der Waals surface area (Å²) in [4.78, 5) is 29.9. The minimum absolute atomic E-state index is 0. The number of esters is 2. The Morgan fingerprint density at radius 2 is 0.726 bits per heavy atom. The van der Waals surface area contributed by atoms with Gasteiger partial charge >= 0.3 is 41.5 Å². The fraction of sp³-hybridized carbons (Fsp3) is 0.321. The van der Waals surface area contributed by atoms with Crippen molar-refractivity contribution in [3.8, 4) is 0 Å². The third kappa shape index (κ3) is 19.4. The van der Waals surface area contributed by atoms with Gasteiger partial charge < -0.3 is 35.6 Å². The van der Waals surface area contributed by atoms with Crippen LogP contribution in [0.4, 0.5) is 16.6 Å². The van der Waals surface area contributed by atoms with Gasteiger partial charge in [0.2, 0.25) is 0 Å². The molecule has 0 radical (unpaired) electrons. The van der Waals surface area contributed by atoms with Crippen LogP contribution in [0, 0.1) is 37.5 Å². The molecule has 4 bridgehead atoms. The summed E-state index contributed by atoms with van der Waals surface area (Å²) in [6.45, 7) is 1.90. The second kappa shape index (κ2) is 31.1. The zero-order chi connectivity index (χ0) is 59.6. The van der Waals surface area contributed by atoms with Gasteiger partial charge in [-0.25, -0.2) is 35.2 Å². The Kier molecular flexibility index (Phi) is 26.1. The molecule has 4 aliphatic carbocycles. The van der Waals surface area contributed by atoms with Gasteiger partial charge in [0.05, 0.1) is 32.3 Å². The number of hydrogen-bond donors (Lipinski definition) is 0. The first-order chi connectivity index (χ1) is 38.7. The third-order valence-corrected chi connectivity index (χ3v) is 22.0. The van der Waals surface area contributed by atoms with Crippen molar-refractivity contribution in [2.75, 3.05) is 13.3 Å². The van der Waals surface area contributed by atoms with Crippen LogP contribution in [0.1, 0.15) is 36.8 Å². The average molecular weight is 1360 g/mol. The van der Waals surface area contributed by atoms with E-state index in [0.717, 1.165) is 0 Å². The molecule has 2 saturated heterocycles. The molecule has 28 heteroatoms. The van der Waals surface area contributed by atoms with Gasteiger partial charge in [-0.05, 0) is 112 Å². The SMILES string of the molecule is Cc1ccc([S+](c2ccccc2)c2ccccc2)cc1.Cc1ccc([S+](c2ccccc2)c2ccccc2)cc1.O=C(CF)OC1C2CC3C1OS(=O)(=O)C3C2.O=C(CF)OC1C2CC3C1OS(=O)(=O)C3C2.O=S(=O)([O-])F.O=S(=O)([O-])F.[Br-].[Na+]. The number of carbonyl (C=O) groups is 2. The maximum Gasteiger partial charge on any atom is 1.00 e. The van der Waals surface area contributed by atoms with Gasteiger partial charge in [-0.2, -0.15) is 16.8 Å². The van der Waals surface area contributed by atoms with Crippen LogP contribution >= 0.6 is 0 Å². The molecule has 84 heavy (non-hydrogen) atoms. The molecule has 2 heterocycles. The van der Waals surface area contributed by atoms with Crippen LogP contribution in [0.3, 0.4) is 0 Å². The van der Waals surface area contributed by atoms with Crippen LogP contribution in [0.2, 0.25) is 0 Å². The number of benzene rings is 6. The normalized spacial score (nSPS) is 24.5. The Morgan fingerprint density at radius 1 is 0.488 bits per heavy atom. The maximum atomic E-state index is 12.0. The molecule has 6 aromatic carbocycles. The van der Waals surface area contributed by atoms with E-state index in [4.69, 9.17) is 43.8 Å². The van der Waals surface area contributed by atoms with E-state index in [1.165, 1.54) is 40.5 Å². The predicted molar refractivity (Wildman–Crippen MR) is 293 cm³/mol. The van der Waals surface area contributed by atoms with Gasteiger partial charge in [0, 0.05) is 23.7 Å². The molecular formula is C56H56BrF4NaO16S6. The summed E-state index contributed by atoms with van der Waals surface area (Å²) >= 11 is 0. The summed E-state index contributed by atoms with van der Waals surface area (Å²) in [7, 11) is -17.9. The molecule has 6 aliphatic rings. The Hall–Kier alpha value is -4.20. The molecule has 6 aromatic rings. The monoisotopic (exact) mass is 1350 g/mol. The molecule has 2 aliphatic heterocycles. The molecule has 448 valence electrons. The Balaban J connectivity index is 0.000000193. The molecule has 0 spiro atoms. The number of hydrogen-bond acceptors (Lipinski definition) is 16. The van der Waals surface area contributed by atoms with Crippen LogP contribution in [-0.4, -0.2) is 103 Å². The largest absolute Gasteiger partial charge is 1.00 e. The van der Waals surface area contributed by atoms with Crippen molar-refractivity contribution < 1.29 is 133 Å². The van der Waals surface area contributed by atoms with E-state index < -0.39 is 101 Å². The summed E-state index contributed by atoms with van der Waals surface area (Å²) < 4.78 is 161. The van der Waals surface area contributed by atoms with Gasteiger partial charge in [0.25, 0.3) is 41.2 Å². The summed E-state index contributed by atoms with van der Waals surface area (Å²) in [5, 5.41) is -0.884. The van der Waals surface area contributed by atoms with Crippen molar-refractivity contribution in [1.29, 1.82) is 0 Å². The number of aryl methyl sites for hydroxylation is 2. The molecule has 0 N–H and O–H groups in total. The maximum absolute atomic E-state index is 12.0. The van der Waals surface area contributed by atoms with Crippen LogP contribution in [0.5, 0.6) is 0 Å². The number of carbonyl (C=O) groups excluding carboxylic acids is 2. The first kappa shape index (κ1) is 70.6. The van der Waals surface area contributed by atoms with Gasteiger partial charge in [0.1, 0.15) is 24.4 Å². The van der Waals surface area contributed by atoms with Crippen molar-refractivity contribution in [3.63, 3.8) is 0 Å². The van der Waals surface area contributed by atoms with Gasteiger partial charge in [-0.15, -0.1) is 7.77 Å². The molecule has 10 atom stereocenters. The Labute approximate surface area is 525 Å². The molecule has 0 aromatic heterocycles. The smallest absolute Gasteiger partial charge is 1.00 e. The Morgan fingerprint density at radius 3 is 0.964 bits per heavy atom. The van der Waals surface area contributed by atoms with Crippen molar-refractivity contribution in [1.82, 2.24) is 0 Å². The summed E-state index contributed by atoms with van der Waals surface area (Å²) in [6, 6.07) is 60.8. The fourth-order valence-electron chi connectivity index (χ4n) is 10.8. The van der Waals surface area contributed by atoms with Crippen molar-refractivity contribution in [2.45, 2.75) is 104 Å².